The number of benzene rings is 3. The van der Waals surface area contributed by atoms with Crippen LogP contribution in [0.2, 0.25) is 10.0 Å². The van der Waals surface area contributed by atoms with Crippen molar-refractivity contribution in [2.75, 3.05) is 5.32 Å². The van der Waals surface area contributed by atoms with Gasteiger partial charge in [-0.15, -0.1) is 0 Å². The van der Waals surface area contributed by atoms with Gasteiger partial charge in [0.2, 0.25) is 5.06 Å². The summed E-state index contributed by atoms with van der Waals surface area (Å²) in [7, 11) is 0. The van der Waals surface area contributed by atoms with Crippen molar-refractivity contribution in [3.8, 4) is 22.1 Å². The van der Waals surface area contributed by atoms with Crippen LogP contribution < -0.4 is 10.1 Å². The number of nitro groups is 1. The number of halogens is 2. The lowest BCUT2D eigenvalue weighted by Crippen LogP contribution is -1.90. The van der Waals surface area contributed by atoms with Crippen molar-refractivity contribution < 1.29 is 9.66 Å². The van der Waals surface area contributed by atoms with Crippen molar-refractivity contribution in [1.29, 1.82) is 0 Å². The molecule has 0 aliphatic rings. The van der Waals surface area contributed by atoms with Gasteiger partial charge >= 0.3 is 0 Å². The van der Waals surface area contributed by atoms with Gasteiger partial charge < -0.3 is 10.1 Å². The van der Waals surface area contributed by atoms with E-state index in [-0.39, 0.29) is 5.69 Å². The number of aromatic nitrogens is 1. The van der Waals surface area contributed by atoms with Crippen LogP contribution in [0, 0.1) is 10.1 Å². The fraction of sp³-hybridized carbons (Fsp3) is 0. The standard InChI is InChI=1S/C21H13Cl2N3O3S/c22-17-11-6-14(12-18(17)23)24-21-25-19(13-4-2-1-3-5-13)20(30-21)29-16-9-7-15(8-10-16)26(27)28/h1-12H,(H,24,25). The quantitative estimate of drug-likeness (QED) is 0.238. The fourth-order valence-corrected chi connectivity index (χ4v) is 3.83. The van der Waals surface area contributed by atoms with Gasteiger partial charge in [-0.2, -0.15) is 0 Å². The number of ether oxygens (including phenoxy) is 1. The molecule has 1 heterocycles. The summed E-state index contributed by atoms with van der Waals surface area (Å²) in [5.41, 5.74) is 2.27. The van der Waals surface area contributed by atoms with E-state index in [2.05, 4.69) is 10.3 Å². The first-order chi connectivity index (χ1) is 14.5. The van der Waals surface area contributed by atoms with Gasteiger partial charge in [0, 0.05) is 23.4 Å². The zero-order valence-corrected chi connectivity index (χ0v) is 17.5. The van der Waals surface area contributed by atoms with Gasteiger partial charge in [-0.05, 0) is 30.3 Å². The summed E-state index contributed by atoms with van der Waals surface area (Å²) in [6, 6.07) is 20.7. The van der Waals surface area contributed by atoms with Gasteiger partial charge in [0.25, 0.3) is 5.69 Å². The van der Waals surface area contributed by atoms with Gasteiger partial charge in [0.15, 0.2) is 5.13 Å². The second-order valence-electron chi connectivity index (χ2n) is 6.13. The van der Waals surface area contributed by atoms with Crippen molar-refractivity contribution in [2.24, 2.45) is 0 Å². The highest BCUT2D eigenvalue weighted by Gasteiger charge is 2.16. The Balaban J connectivity index is 1.67. The van der Waals surface area contributed by atoms with Crippen LogP contribution in [0.4, 0.5) is 16.5 Å². The molecule has 0 saturated heterocycles. The van der Waals surface area contributed by atoms with Gasteiger partial charge in [-0.1, -0.05) is 64.9 Å². The molecule has 0 atom stereocenters. The number of nitrogens with zero attached hydrogens (tertiary/aromatic N) is 2. The van der Waals surface area contributed by atoms with E-state index in [4.69, 9.17) is 27.9 Å². The zero-order valence-electron chi connectivity index (χ0n) is 15.2. The molecular formula is C21H13Cl2N3O3S. The van der Waals surface area contributed by atoms with Crippen molar-refractivity contribution in [2.45, 2.75) is 0 Å². The van der Waals surface area contributed by atoms with E-state index >= 15 is 0 Å². The Labute approximate surface area is 185 Å². The third-order valence-corrected chi connectivity index (χ3v) is 5.66. The Morgan fingerprint density at radius 1 is 0.967 bits per heavy atom. The van der Waals surface area contributed by atoms with E-state index in [1.54, 1.807) is 30.3 Å². The van der Waals surface area contributed by atoms with E-state index in [1.165, 1.54) is 23.5 Å². The van der Waals surface area contributed by atoms with Crippen LogP contribution in [0.5, 0.6) is 10.8 Å². The van der Waals surface area contributed by atoms with Gasteiger partial charge in [-0.25, -0.2) is 4.98 Å². The van der Waals surface area contributed by atoms with Crippen LogP contribution in [0.3, 0.4) is 0 Å². The van der Waals surface area contributed by atoms with Crippen LogP contribution >= 0.6 is 34.5 Å². The monoisotopic (exact) mass is 457 g/mol. The van der Waals surface area contributed by atoms with E-state index < -0.39 is 4.92 Å². The maximum absolute atomic E-state index is 10.9. The molecule has 150 valence electrons. The van der Waals surface area contributed by atoms with E-state index in [1.807, 2.05) is 30.3 Å². The lowest BCUT2D eigenvalue weighted by molar-refractivity contribution is -0.384. The highest BCUT2D eigenvalue weighted by molar-refractivity contribution is 7.18. The van der Waals surface area contributed by atoms with Crippen molar-refractivity contribution in [3.05, 3.63) is 93.0 Å². The topological polar surface area (TPSA) is 77.3 Å². The highest BCUT2D eigenvalue weighted by atomic mass is 35.5. The number of nitro benzene ring substituents is 1. The Bertz CT molecular complexity index is 1200. The zero-order chi connectivity index (χ0) is 21.1. The van der Waals surface area contributed by atoms with Gasteiger partial charge in [0.05, 0.1) is 15.0 Å². The molecule has 0 aliphatic carbocycles. The average molecular weight is 458 g/mol. The average Bonchev–Trinajstić information content (AvgIpc) is 3.14. The molecule has 4 rings (SSSR count). The third-order valence-electron chi connectivity index (χ3n) is 4.07. The molecular weight excluding hydrogens is 445 g/mol. The SMILES string of the molecule is O=[N+]([O-])c1ccc(Oc2sc(Nc3ccc(Cl)c(Cl)c3)nc2-c2ccccc2)cc1. The van der Waals surface area contributed by atoms with Crippen LogP contribution in [-0.2, 0) is 0 Å². The summed E-state index contributed by atoms with van der Waals surface area (Å²) in [5.74, 6) is 0.475. The number of thiazole rings is 1. The van der Waals surface area contributed by atoms with Crippen molar-refractivity contribution >= 4 is 51.0 Å². The molecule has 0 radical (unpaired) electrons. The van der Waals surface area contributed by atoms with Gasteiger partial charge in [0.1, 0.15) is 11.4 Å². The lowest BCUT2D eigenvalue weighted by Gasteiger charge is -2.05. The molecule has 1 N–H and O–H groups in total. The number of non-ortho nitro benzene ring substituents is 1. The maximum atomic E-state index is 10.9. The molecule has 0 fully saturated rings. The number of anilines is 2. The first kappa shape index (κ1) is 20.2. The molecule has 0 spiro atoms. The molecule has 0 amide bonds. The summed E-state index contributed by atoms with van der Waals surface area (Å²) in [6.07, 6.45) is 0. The number of rotatable bonds is 6. The van der Waals surface area contributed by atoms with Crippen LogP contribution in [-0.4, -0.2) is 9.91 Å². The van der Waals surface area contributed by atoms with E-state index in [0.29, 0.717) is 31.7 Å². The van der Waals surface area contributed by atoms with Crippen LogP contribution in [0.1, 0.15) is 0 Å². The predicted molar refractivity (Wildman–Crippen MR) is 120 cm³/mol. The number of hydrogen-bond donors (Lipinski definition) is 1. The summed E-state index contributed by atoms with van der Waals surface area (Å²) >= 11 is 13.4. The van der Waals surface area contributed by atoms with Crippen LogP contribution in [0.15, 0.2) is 72.8 Å². The molecule has 30 heavy (non-hydrogen) atoms. The smallest absolute Gasteiger partial charge is 0.269 e. The van der Waals surface area contributed by atoms with Gasteiger partial charge in [-0.3, -0.25) is 10.1 Å². The number of hydrogen-bond acceptors (Lipinski definition) is 6. The molecule has 0 unspecified atom stereocenters. The maximum Gasteiger partial charge on any atom is 0.269 e. The Morgan fingerprint density at radius 2 is 1.70 bits per heavy atom. The minimum atomic E-state index is -0.453. The first-order valence-corrected chi connectivity index (χ1v) is 10.3. The second-order valence-corrected chi connectivity index (χ2v) is 7.90. The van der Waals surface area contributed by atoms with Crippen LogP contribution in [0.25, 0.3) is 11.3 Å². The van der Waals surface area contributed by atoms with Crippen molar-refractivity contribution in [1.82, 2.24) is 4.98 Å². The molecule has 1 aromatic heterocycles. The summed E-state index contributed by atoms with van der Waals surface area (Å²) in [6.45, 7) is 0. The predicted octanol–water partition coefficient (Wildman–Crippen LogP) is 7.56. The van der Waals surface area contributed by atoms with E-state index in [9.17, 15) is 10.1 Å². The summed E-state index contributed by atoms with van der Waals surface area (Å²) in [5, 5.41) is 16.1. The highest BCUT2D eigenvalue weighted by Crippen LogP contribution is 2.42. The molecule has 6 nitrogen and oxygen atoms in total. The minimum Gasteiger partial charge on any atom is -0.444 e. The fourth-order valence-electron chi connectivity index (χ4n) is 2.65. The van der Waals surface area contributed by atoms with Crippen molar-refractivity contribution in [3.63, 3.8) is 0 Å². The molecule has 0 bridgehead atoms. The molecule has 9 heteroatoms. The Morgan fingerprint density at radius 3 is 2.37 bits per heavy atom. The largest absolute Gasteiger partial charge is 0.444 e. The Hall–Kier alpha value is -3.13. The normalized spacial score (nSPS) is 10.6. The minimum absolute atomic E-state index is 0.00286. The second kappa shape index (κ2) is 8.71. The molecule has 4 aromatic rings. The molecule has 0 saturated carbocycles. The molecule has 3 aromatic carbocycles. The Kier molecular flexibility index (Phi) is 5.85. The first-order valence-electron chi connectivity index (χ1n) is 8.70. The third kappa shape index (κ3) is 4.54. The van der Waals surface area contributed by atoms with E-state index in [0.717, 1.165) is 11.3 Å². The summed E-state index contributed by atoms with van der Waals surface area (Å²) in [4.78, 5) is 15.1. The number of nitrogens with one attached hydrogen (secondary N) is 1. The summed E-state index contributed by atoms with van der Waals surface area (Å²) < 4.78 is 6.01. The lowest BCUT2D eigenvalue weighted by atomic mass is 10.2. The molecule has 0 aliphatic heterocycles.